The number of pyridine rings is 1. The van der Waals surface area contributed by atoms with Crippen LogP contribution in [-0.2, 0) is 0 Å². The van der Waals surface area contributed by atoms with Gasteiger partial charge in [0.25, 0.3) is 5.89 Å². The summed E-state index contributed by atoms with van der Waals surface area (Å²) in [6, 6.07) is 9.79. The van der Waals surface area contributed by atoms with Crippen molar-refractivity contribution in [2.75, 3.05) is 0 Å². The molecule has 0 aliphatic carbocycles. The summed E-state index contributed by atoms with van der Waals surface area (Å²) in [5.41, 5.74) is 4.15. The minimum absolute atomic E-state index is 0.244. The van der Waals surface area contributed by atoms with Crippen LogP contribution in [0.5, 0.6) is 0 Å². The predicted molar refractivity (Wildman–Crippen MR) is 93.2 cm³/mol. The van der Waals surface area contributed by atoms with Gasteiger partial charge in [-0.15, -0.1) is 15.3 Å². The van der Waals surface area contributed by atoms with Crippen molar-refractivity contribution in [3.63, 3.8) is 0 Å². The monoisotopic (exact) mass is 346 g/mol. The van der Waals surface area contributed by atoms with Crippen LogP contribution < -0.4 is 0 Å². The highest BCUT2D eigenvalue weighted by molar-refractivity contribution is 5.80. The molecule has 0 amide bonds. The molecule has 128 valence electrons. The van der Waals surface area contributed by atoms with Gasteiger partial charge in [0.15, 0.2) is 5.65 Å². The topological polar surface area (TPSA) is 99.8 Å². The van der Waals surface area contributed by atoms with Crippen LogP contribution in [0.1, 0.15) is 19.9 Å². The summed E-state index contributed by atoms with van der Waals surface area (Å²) in [6.07, 6.45) is 3.49. The molecule has 4 heterocycles. The van der Waals surface area contributed by atoms with Gasteiger partial charge in [0.1, 0.15) is 11.8 Å². The van der Waals surface area contributed by atoms with Crippen LogP contribution in [0, 0.1) is 0 Å². The van der Waals surface area contributed by atoms with Gasteiger partial charge in [0, 0.05) is 23.4 Å². The number of benzene rings is 1. The lowest BCUT2D eigenvalue weighted by Gasteiger charge is -2.04. The number of hydrogen-bond acceptors (Lipinski definition) is 7. The van der Waals surface area contributed by atoms with E-state index >= 15 is 0 Å². The van der Waals surface area contributed by atoms with E-state index in [4.69, 9.17) is 4.52 Å². The Kier molecular flexibility index (Phi) is 3.08. The Balaban J connectivity index is 1.54. The molecule has 5 aromatic rings. The van der Waals surface area contributed by atoms with Crippen LogP contribution in [0.4, 0.5) is 0 Å². The predicted octanol–water partition coefficient (Wildman–Crippen LogP) is 2.77. The maximum Gasteiger partial charge on any atom is 0.258 e. The molecule has 0 N–H and O–H groups in total. The van der Waals surface area contributed by atoms with Crippen molar-refractivity contribution in [3.8, 4) is 22.8 Å². The Labute approximate surface area is 147 Å². The smallest absolute Gasteiger partial charge is 0.258 e. The van der Waals surface area contributed by atoms with Crippen LogP contribution in [-0.4, -0.2) is 39.7 Å². The summed E-state index contributed by atoms with van der Waals surface area (Å²) in [5.74, 6) is 0.936. The third-order valence-electron chi connectivity index (χ3n) is 4.18. The zero-order valence-corrected chi connectivity index (χ0v) is 14.1. The molecule has 0 unspecified atom stereocenters. The van der Waals surface area contributed by atoms with Crippen LogP contribution in [0.25, 0.3) is 39.5 Å². The SMILES string of the molecule is CC(C)n1nnc2cc(-c3nc(-c4ccc5nncn5c4)no3)ccc21. The Bertz CT molecular complexity index is 1230. The van der Waals surface area contributed by atoms with E-state index in [0.717, 1.165) is 27.8 Å². The van der Waals surface area contributed by atoms with Crippen LogP contribution in [0.2, 0.25) is 0 Å². The molecule has 0 fully saturated rings. The van der Waals surface area contributed by atoms with Crippen molar-refractivity contribution in [2.45, 2.75) is 19.9 Å². The molecule has 0 saturated heterocycles. The second kappa shape index (κ2) is 5.45. The van der Waals surface area contributed by atoms with Gasteiger partial charge in [-0.3, -0.25) is 4.40 Å². The van der Waals surface area contributed by atoms with Gasteiger partial charge in [0.05, 0.1) is 5.52 Å². The third-order valence-corrected chi connectivity index (χ3v) is 4.18. The van der Waals surface area contributed by atoms with Gasteiger partial charge in [-0.05, 0) is 44.2 Å². The Morgan fingerprint density at radius 2 is 1.92 bits per heavy atom. The Morgan fingerprint density at radius 1 is 1.04 bits per heavy atom. The van der Waals surface area contributed by atoms with E-state index < -0.39 is 0 Å². The minimum Gasteiger partial charge on any atom is -0.334 e. The van der Waals surface area contributed by atoms with Crippen molar-refractivity contribution >= 4 is 16.7 Å². The lowest BCUT2D eigenvalue weighted by atomic mass is 10.2. The maximum atomic E-state index is 5.45. The van der Waals surface area contributed by atoms with Crippen molar-refractivity contribution in [3.05, 3.63) is 42.9 Å². The molecule has 9 nitrogen and oxygen atoms in total. The number of fused-ring (bicyclic) bond motifs is 2. The van der Waals surface area contributed by atoms with Crippen molar-refractivity contribution in [1.82, 2.24) is 39.7 Å². The molecule has 5 rings (SSSR count). The summed E-state index contributed by atoms with van der Waals surface area (Å²) in [7, 11) is 0. The molecule has 0 atom stereocenters. The van der Waals surface area contributed by atoms with E-state index in [0.29, 0.717) is 11.7 Å². The fourth-order valence-corrected chi connectivity index (χ4v) is 2.87. The average molecular weight is 346 g/mol. The standard InChI is InChI=1S/C17H14N8O/c1-10(2)25-14-5-3-11(7-13(14)20-23-25)17-19-16(22-26-17)12-4-6-15-21-18-9-24(15)8-12/h3-10H,1-2H3. The molecular weight excluding hydrogens is 332 g/mol. The highest BCUT2D eigenvalue weighted by atomic mass is 16.5. The minimum atomic E-state index is 0.244. The summed E-state index contributed by atoms with van der Waals surface area (Å²) < 4.78 is 9.13. The Morgan fingerprint density at radius 3 is 2.81 bits per heavy atom. The number of aromatic nitrogens is 8. The van der Waals surface area contributed by atoms with E-state index in [1.54, 1.807) is 6.33 Å². The second-order valence-electron chi connectivity index (χ2n) is 6.27. The second-order valence-corrected chi connectivity index (χ2v) is 6.27. The van der Waals surface area contributed by atoms with Crippen LogP contribution in [0.15, 0.2) is 47.4 Å². The molecule has 0 radical (unpaired) electrons. The normalized spacial score (nSPS) is 11.8. The largest absolute Gasteiger partial charge is 0.334 e. The first-order valence-electron chi connectivity index (χ1n) is 8.18. The van der Waals surface area contributed by atoms with Gasteiger partial charge in [-0.2, -0.15) is 4.98 Å². The van der Waals surface area contributed by atoms with E-state index in [1.165, 1.54) is 0 Å². The van der Waals surface area contributed by atoms with Crippen LogP contribution in [0.3, 0.4) is 0 Å². The van der Waals surface area contributed by atoms with Crippen molar-refractivity contribution in [2.24, 2.45) is 0 Å². The summed E-state index contributed by atoms with van der Waals surface area (Å²) in [6.45, 7) is 4.14. The molecule has 0 bridgehead atoms. The first-order chi connectivity index (χ1) is 12.7. The summed E-state index contributed by atoms with van der Waals surface area (Å²) in [5, 5.41) is 20.4. The fourth-order valence-electron chi connectivity index (χ4n) is 2.87. The van der Waals surface area contributed by atoms with Crippen molar-refractivity contribution < 1.29 is 4.52 Å². The van der Waals surface area contributed by atoms with E-state index in [2.05, 4.69) is 44.5 Å². The zero-order valence-electron chi connectivity index (χ0n) is 14.1. The molecule has 0 spiro atoms. The van der Waals surface area contributed by atoms with Crippen molar-refractivity contribution in [1.29, 1.82) is 0 Å². The van der Waals surface area contributed by atoms with E-state index in [-0.39, 0.29) is 6.04 Å². The van der Waals surface area contributed by atoms with Crippen LogP contribution >= 0.6 is 0 Å². The van der Waals surface area contributed by atoms with Gasteiger partial charge < -0.3 is 4.52 Å². The maximum absolute atomic E-state index is 5.45. The highest BCUT2D eigenvalue weighted by Crippen LogP contribution is 2.25. The third kappa shape index (κ3) is 2.25. The van der Waals surface area contributed by atoms with E-state index in [1.807, 2.05) is 45.6 Å². The fraction of sp³-hybridized carbons (Fsp3) is 0.176. The number of nitrogens with zero attached hydrogens (tertiary/aromatic N) is 8. The van der Waals surface area contributed by atoms with E-state index in [9.17, 15) is 0 Å². The quantitative estimate of drug-likeness (QED) is 0.495. The number of hydrogen-bond donors (Lipinski definition) is 0. The first-order valence-corrected chi connectivity index (χ1v) is 8.18. The lowest BCUT2D eigenvalue weighted by molar-refractivity contribution is 0.432. The lowest BCUT2D eigenvalue weighted by Crippen LogP contribution is -2.02. The molecule has 26 heavy (non-hydrogen) atoms. The average Bonchev–Trinajstić information content (AvgIpc) is 3.38. The number of rotatable bonds is 3. The van der Waals surface area contributed by atoms with Gasteiger partial charge >= 0.3 is 0 Å². The molecule has 0 aliphatic rings. The Hall–Kier alpha value is -3.62. The van der Waals surface area contributed by atoms with Gasteiger partial charge in [-0.25, -0.2) is 4.68 Å². The molecule has 1 aromatic carbocycles. The molecule has 4 aromatic heterocycles. The zero-order chi connectivity index (χ0) is 17.7. The molecular formula is C17H14N8O. The van der Waals surface area contributed by atoms with Gasteiger partial charge in [0.2, 0.25) is 5.82 Å². The first kappa shape index (κ1) is 14.7. The molecule has 0 saturated carbocycles. The summed E-state index contributed by atoms with van der Waals surface area (Å²) in [4.78, 5) is 4.50. The van der Waals surface area contributed by atoms with Gasteiger partial charge in [-0.1, -0.05) is 10.4 Å². The highest BCUT2D eigenvalue weighted by Gasteiger charge is 2.14. The summed E-state index contributed by atoms with van der Waals surface area (Å²) >= 11 is 0. The molecule has 9 heteroatoms. The molecule has 0 aliphatic heterocycles.